The highest BCUT2D eigenvalue weighted by molar-refractivity contribution is 7.11. The number of hydrogen-bond donors (Lipinski definition) is 1. The number of carboxylic acids is 1. The molecular formula is C17H13N2O3S-. The lowest BCUT2D eigenvalue weighted by Gasteiger charge is -2.05. The average Bonchev–Trinajstić information content (AvgIpc) is 3.06. The molecular weight excluding hydrogens is 312 g/mol. The minimum atomic E-state index is -1.29. The number of rotatable bonds is 3. The maximum atomic E-state index is 12.6. The van der Waals surface area contributed by atoms with Gasteiger partial charge in [-0.3, -0.25) is 9.89 Å². The first-order chi connectivity index (χ1) is 11.0. The van der Waals surface area contributed by atoms with Gasteiger partial charge in [-0.25, -0.2) is 4.68 Å². The number of carbonyl (C=O) groups excluding carboxylic acids is 1. The molecule has 0 unspecified atom stereocenters. The van der Waals surface area contributed by atoms with E-state index >= 15 is 0 Å². The van der Waals surface area contributed by atoms with Crippen LogP contribution in [0.15, 0.2) is 40.5 Å². The highest BCUT2D eigenvalue weighted by Crippen LogP contribution is 2.15. The Bertz CT molecular complexity index is 1060. The van der Waals surface area contributed by atoms with Gasteiger partial charge in [0.1, 0.15) is 0 Å². The fraction of sp³-hybridized carbons (Fsp3) is 0.0588. The molecule has 0 radical (unpaired) electrons. The van der Waals surface area contributed by atoms with Gasteiger partial charge in [0.15, 0.2) is 0 Å². The molecule has 5 nitrogen and oxygen atoms in total. The van der Waals surface area contributed by atoms with E-state index in [2.05, 4.69) is 11.7 Å². The molecule has 0 aliphatic heterocycles. The van der Waals surface area contributed by atoms with Crippen LogP contribution in [-0.4, -0.2) is 15.7 Å². The average molecular weight is 325 g/mol. The molecule has 0 fully saturated rings. The molecule has 2 aromatic heterocycles. The van der Waals surface area contributed by atoms with Crippen LogP contribution in [0.25, 0.3) is 18.3 Å². The first kappa shape index (κ1) is 15.1. The topological polar surface area (TPSA) is 77.9 Å². The summed E-state index contributed by atoms with van der Waals surface area (Å²) in [5.41, 5.74) is 1.23. The van der Waals surface area contributed by atoms with Gasteiger partial charge in [0.05, 0.1) is 22.2 Å². The smallest absolute Gasteiger partial charge is 0.279 e. The van der Waals surface area contributed by atoms with Crippen LogP contribution in [0, 0.1) is 6.92 Å². The number of aryl methyl sites for hydroxylation is 1. The number of nitrogens with one attached hydrogen (secondary N) is 1. The molecule has 0 bridgehead atoms. The van der Waals surface area contributed by atoms with Gasteiger partial charge in [0.25, 0.3) is 5.56 Å². The molecule has 3 aromatic rings. The summed E-state index contributed by atoms with van der Waals surface area (Å²) in [6.45, 7) is 5.84. The monoisotopic (exact) mass is 325 g/mol. The van der Waals surface area contributed by atoms with E-state index in [9.17, 15) is 14.7 Å². The van der Waals surface area contributed by atoms with Crippen LogP contribution in [0.5, 0.6) is 0 Å². The number of aromatic carboxylic acids is 1. The fourth-order valence-corrected chi connectivity index (χ4v) is 3.12. The van der Waals surface area contributed by atoms with Crippen molar-refractivity contribution in [3.8, 4) is 5.69 Å². The number of H-pyrrole nitrogens is 1. The van der Waals surface area contributed by atoms with Gasteiger partial charge in [-0.05, 0) is 47.7 Å². The second-order valence-corrected chi connectivity index (χ2v) is 6.04. The van der Waals surface area contributed by atoms with Gasteiger partial charge in [0, 0.05) is 4.88 Å². The Balaban J connectivity index is 2.20. The van der Waals surface area contributed by atoms with Gasteiger partial charge in [-0.15, -0.1) is 11.3 Å². The quantitative estimate of drug-likeness (QED) is 0.744. The Morgan fingerprint density at radius 2 is 2.17 bits per heavy atom. The first-order valence-electron chi connectivity index (χ1n) is 6.85. The van der Waals surface area contributed by atoms with Crippen molar-refractivity contribution in [2.75, 3.05) is 0 Å². The summed E-state index contributed by atoms with van der Waals surface area (Å²) in [6.07, 6.45) is 1.79. The fourth-order valence-electron chi connectivity index (χ4n) is 2.26. The van der Waals surface area contributed by atoms with Gasteiger partial charge in [-0.2, -0.15) is 0 Å². The molecule has 1 aromatic carbocycles. The summed E-state index contributed by atoms with van der Waals surface area (Å²) in [5.74, 6) is -1.29. The maximum absolute atomic E-state index is 12.6. The number of aromatic amines is 1. The lowest BCUT2D eigenvalue weighted by atomic mass is 10.2. The number of benzene rings is 1. The zero-order valence-electron chi connectivity index (χ0n) is 12.3. The van der Waals surface area contributed by atoms with E-state index in [0.29, 0.717) is 16.3 Å². The number of carboxylic acid groups (broad SMARTS) is 1. The van der Waals surface area contributed by atoms with Crippen molar-refractivity contribution >= 4 is 30.0 Å². The molecule has 0 spiro atoms. The summed E-state index contributed by atoms with van der Waals surface area (Å²) in [4.78, 5) is 24.6. The third-order valence-electron chi connectivity index (χ3n) is 3.52. The lowest BCUT2D eigenvalue weighted by molar-refractivity contribution is -0.255. The first-order valence-corrected chi connectivity index (χ1v) is 7.73. The van der Waals surface area contributed by atoms with Crippen molar-refractivity contribution in [3.05, 3.63) is 72.6 Å². The standard InChI is InChI=1S/C17H14N2O3S/c1-10-6-7-23-15(10)9-14-11(2)18-19(16(14)20)13-5-3-4-12(8-13)17(21)22/h3-9,18H,2H2,1H3,(H,21,22)/p-1. The summed E-state index contributed by atoms with van der Waals surface area (Å²) < 4.78 is 1.28. The Morgan fingerprint density at radius 1 is 1.39 bits per heavy atom. The molecule has 2 heterocycles. The number of nitrogens with zero attached hydrogens (tertiary/aromatic N) is 1. The van der Waals surface area contributed by atoms with Crippen LogP contribution in [0.3, 0.4) is 0 Å². The van der Waals surface area contributed by atoms with Crippen LogP contribution < -0.4 is 21.2 Å². The molecule has 23 heavy (non-hydrogen) atoms. The van der Waals surface area contributed by atoms with Crippen molar-refractivity contribution in [3.63, 3.8) is 0 Å². The van der Waals surface area contributed by atoms with Gasteiger partial charge in [0.2, 0.25) is 0 Å². The van der Waals surface area contributed by atoms with Crippen LogP contribution in [0.1, 0.15) is 20.8 Å². The van der Waals surface area contributed by atoms with Crippen LogP contribution in [-0.2, 0) is 0 Å². The Labute approximate surface area is 135 Å². The summed E-state index contributed by atoms with van der Waals surface area (Å²) in [5, 5.41) is 16.7. The molecule has 0 amide bonds. The SMILES string of the molecule is C=c1[nH]n(-c2cccc(C(=O)[O-])c2)c(=O)c1=Cc1sccc1C. The number of hydrogen-bond acceptors (Lipinski definition) is 4. The highest BCUT2D eigenvalue weighted by Gasteiger charge is 2.07. The Kier molecular flexibility index (Phi) is 3.75. The highest BCUT2D eigenvalue weighted by atomic mass is 32.1. The van der Waals surface area contributed by atoms with Crippen molar-refractivity contribution in [2.24, 2.45) is 0 Å². The molecule has 0 saturated carbocycles. The van der Waals surface area contributed by atoms with Crippen molar-refractivity contribution in [1.82, 2.24) is 9.78 Å². The van der Waals surface area contributed by atoms with E-state index in [1.165, 1.54) is 16.8 Å². The summed E-state index contributed by atoms with van der Waals surface area (Å²) in [6, 6.07) is 7.98. The van der Waals surface area contributed by atoms with Crippen LogP contribution >= 0.6 is 11.3 Å². The van der Waals surface area contributed by atoms with Crippen molar-refractivity contribution < 1.29 is 9.90 Å². The molecule has 1 N–H and O–H groups in total. The minimum absolute atomic E-state index is 0.00856. The molecule has 116 valence electrons. The van der Waals surface area contributed by atoms with Gasteiger partial charge >= 0.3 is 0 Å². The summed E-state index contributed by atoms with van der Waals surface area (Å²) in [7, 11) is 0. The Hall–Kier alpha value is -2.86. The number of thiophene rings is 1. The van der Waals surface area contributed by atoms with Crippen LogP contribution in [0.4, 0.5) is 0 Å². The van der Waals surface area contributed by atoms with Crippen molar-refractivity contribution in [1.29, 1.82) is 0 Å². The van der Waals surface area contributed by atoms with Gasteiger partial charge < -0.3 is 9.90 Å². The van der Waals surface area contributed by atoms with E-state index in [0.717, 1.165) is 10.4 Å². The molecule has 6 heteroatoms. The third kappa shape index (κ3) is 2.76. The minimum Gasteiger partial charge on any atom is -0.545 e. The molecule has 0 saturated heterocycles. The van der Waals surface area contributed by atoms with E-state index in [1.807, 2.05) is 18.4 Å². The molecule has 3 rings (SSSR count). The van der Waals surface area contributed by atoms with E-state index in [1.54, 1.807) is 29.5 Å². The zero-order chi connectivity index (χ0) is 16.6. The largest absolute Gasteiger partial charge is 0.545 e. The zero-order valence-corrected chi connectivity index (χ0v) is 13.1. The molecule has 0 aliphatic carbocycles. The normalized spacial score (nSPS) is 11.8. The predicted octanol–water partition coefficient (Wildman–Crippen LogP) is 0.138. The van der Waals surface area contributed by atoms with Gasteiger partial charge in [-0.1, -0.05) is 18.7 Å². The Morgan fingerprint density at radius 3 is 2.83 bits per heavy atom. The lowest BCUT2D eigenvalue weighted by Crippen LogP contribution is -2.34. The second-order valence-electron chi connectivity index (χ2n) is 5.09. The molecule has 0 aliphatic rings. The van der Waals surface area contributed by atoms with E-state index in [-0.39, 0.29) is 11.1 Å². The number of aromatic nitrogens is 2. The summed E-state index contributed by atoms with van der Waals surface area (Å²) >= 11 is 1.54. The molecule has 0 atom stereocenters. The maximum Gasteiger partial charge on any atom is 0.279 e. The van der Waals surface area contributed by atoms with Crippen LogP contribution in [0.2, 0.25) is 0 Å². The predicted molar refractivity (Wildman–Crippen MR) is 88.1 cm³/mol. The van der Waals surface area contributed by atoms with Crippen molar-refractivity contribution in [2.45, 2.75) is 6.92 Å². The van der Waals surface area contributed by atoms with E-state index < -0.39 is 5.97 Å². The third-order valence-corrected chi connectivity index (χ3v) is 4.49. The second kappa shape index (κ2) is 5.73. The number of carbonyl (C=O) groups is 1. The van der Waals surface area contributed by atoms with E-state index in [4.69, 9.17) is 0 Å².